The second-order valence-electron chi connectivity index (χ2n) is 4.29. The zero-order valence-corrected chi connectivity index (χ0v) is 9.35. The van der Waals surface area contributed by atoms with Gasteiger partial charge in [0, 0.05) is 0 Å². The minimum atomic E-state index is -0.301. The smallest absolute Gasteiger partial charge is 0.315 e. The highest BCUT2D eigenvalue weighted by atomic mass is 16.6. The molecule has 1 aromatic carbocycles. The summed E-state index contributed by atoms with van der Waals surface area (Å²) in [7, 11) is 0. The molecule has 1 fully saturated rings. The van der Waals surface area contributed by atoms with Gasteiger partial charge in [-0.15, -0.1) is 0 Å². The van der Waals surface area contributed by atoms with Gasteiger partial charge in [-0.3, -0.25) is 4.79 Å². The first-order valence-electron chi connectivity index (χ1n) is 5.57. The molecule has 0 spiro atoms. The van der Waals surface area contributed by atoms with Gasteiger partial charge in [-0.2, -0.15) is 0 Å². The van der Waals surface area contributed by atoms with E-state index in [0.29, 0.717) is 0 Å². The average molecular weight is 220 g/mol. The maximum Gasteiger partial charge on any atom is 0.315 e. The van der Waals surface area contributed by atoms with Crippen molar-refractivity contribution in [1.82, 2.24) is 0 Å². The number of aryl methyl sites for hydroxylation is 2. The lowest BCUT2D eigenvalue weighted by molar-refractivity contribution is -0.188. The molecule has 0 aliphatic carbocycles. The lowest BCUT2D eigenvalue weighted by atomic mass is 9.92. The Balaban J connectivity index is 1.86. The van der Waals surface area contributed by atoms with E-state index < -0.39 is 0 Å². The van der Waals surface area contributed by atoms with Crippen LogP contribution in [0, 0.1) is 12.8 Å². The van der Waals surface area contributed by atoms with Crippen LogP contribution in [0.2, 0.25) is 0 Å². The zero-order chi connectivity index (χ0) is 11.5. The Morgan fingerprint density at radius 3 is 2.88 bits per heavy atom. The molecule has 0 radical (unpaired) electrons. The van der Waals surface area contributed by atoms with Crippen molar-refractivity contribution >= 4 is 5.97 Å². The molecule has 0 amide bonds. The first-order chi connectivity index (χ1) is 7.70. The van der Waals surface area contributed by atoms with E-state index >= 15 is 0 Å². The van der Waals surface area contributed by atoms with Crippen LogP contribution in [0.25, 0.3) is 0 Å². The number of hydrogen-bond acceptors (Lipinski definition) is 3. The van der Waals surface area contributed by atoms with Crippen LogP contribution < -0.4 is 0 Å². The molecule has 3 heteroatoms. The number of hydrogen-bond donors (Lipinski definition) is 1. The Kier molecular flexibility index (Phi) is 3.25. The van der Waals surface area contributed by atoms with Gasteiger partial charge in [-0.1, -0.05) is 29.8 Å². The van der Waals surface area contributed by atoms with E-state index in [1.807, 2.05) is 6.07 Å². The second-order valence-corrected chi connectivity index (χ2v) is 4.29. The van der Waals surface area contributed by atoms with Gasteiger partial charge in [-0.05, 0) is 25.3 Å². The lowest BCUT2D eigenvalue weighted by Crippen LogP contribution is -2.47. The van der Waals surface area contributed by atoms with Crippen molar-refractivity contribution in [1.29, 1.82) is 0 Å². The number of ether oxygens (including phenoxy) is 1. The third-order valence-corrected chi connectivity index (χ3v) is 3.02. The lowest BCUT2D eigenvalue weighted by Gasteiger charge is -2.33. The Labute approximate surface area is 95.0 Å². The fraction of sp³-hybridized carbons (Fsp3) is 0.462. The second kappa shape index (κ2) is 4.66. The summed E-state index contributed by atoms with van der Waals surface area (Å²) in [5, 5.41) is 8.97. The van der Waals surface area contributed by atoms with Crippen LogP contribution in [0.1, 0.15) is 17.5 Å². The van der Waals surface area contributed by atoms with Crippen LogP contribution in [0.4, 0.5) is 0 Å². The molecule has 0 aromatic heterocycles. The molecule has 2 rings (SSSR count). The van der Waals surface area contributed by atoms with Crippen molar-refractivity contribution in [2.24, 2.45) is 5.92 Å². The molecule has 3 nitrogen and oxygen atoms in total. The van der Waals surface area contributed by atoms with E-state index in [2.05, 4.69) is 25.1 Å². The molecule has 1 aliphatic rings. The van der Waals surface area contributed by atoms with Crippen molar-refractivity contribution < 1.29 is 14.6 Å². The molecule has 86 valence electrons. The van der Waals surface area contributed by atoms with Crippen molar-refractivity contribution in [2.45, 2.75) is 25.9 Å². The number of esters is 1. The standard InChI is InChI=1S/C13H16O3/c1-9-3-2-4-10(7-9)5-6-12-11(8-14)13(15)16-12/h2-4,7,11-12,14H,5-6,8H2,1H3/t11-,12-/m0/s1. The minimum absolute atomic E-state index is 0.0991. The molecule has 1 aromatic rings. The van der Waals surface area contributed by atoms with Gasteiger partial charge in [0.25, 0.3) is 0 Å². The quantitative estimate of drug-likeness (QED) is 0.781. The number of cyclic esters (lactones) is 1. The van der Waals surface area contributed by atoms with Crippen molar-refractivity contribution in [3.63, 3.8) is 0 Å². The largest absolute Gasteiger partial charge is 0.461 e. The first kappa shape index (κ1) is 11.1. The fourth-order valence-electron chi connectivity index (χ4n) is 2.03. The van der Waals surface area contributed by atoms with E-state index in [0.717, 1.165) is 12.8 Å². The maximum absolute atomic E-state index is 11.0. The molecule has 2 atom stereocenters. The molecule has 0 saturated carbocycles. The Morgan fingerprint density at radius 2 is 2.25 bits per heavy atom. The molecule has 1 heterocycles. The average Bonchev–Trinajstić information content (AvgIpc) is 2.24. The van der Waals surface area contributed by atoms with Crippen LogP contribution in [0.15, 0.2) is 24.3 Å². The van der Waals surface area contributed by atoms with Gasteiger partial charge in [0.2, 0.25) is 0 Å². The summed E-state index contributed by atoms with van der Waals surface area (Å²) in [4.78, 5) is 11.0. The summed E-state index contributed by atoms with van der Waals surface area (Å²) >= 11 is 0. The number of benzene rings is 1. The topological polar surface area (TPSA) is 46.5 Å². The highest BCUT2D eigenvalue weighted by molar-refractivity contribution is 5.78. The van der Waals surface area contributed by atoms with E-state index in [4.69, 9.17) is 9.84 Å². The van der Waals surface area contributed by atoms with Crippen molar-refractivity contribution in [2.75, 3.05) is 6.61 Å². The SMILES string of the molecule is Cc1cccc(CC[C@@H]2OC(=O)[C@H]2CO)c1. The molecule has 1 saturated heterocycles. The molecular formula is C13H16O3. The van der Waals surface area contributed by atoms with E-state index in [1.54, 1.807) is 0 Å². The summed E-state index contributed by atoms with van der Waals surface area (Å²) in [6.07, 6.45) is 1.58. The van der Waals surface area contributed by atoms with Crippen molar-refractivity contribution in [3.8, 4) is 0 Å². The number of carbonyl (C=O) groups excluding carboxylic acids is 1. The van der Waals surface area contributed by atoms with Crippen LogP contribution in [0.3, 0.4) is 0 Å². The van der Waals surface area contributed by atoms with Crippen molar-refractivity contribution in [3.05, 3.63) is 35.4 Å². The molecule has 1 aliphatic heterocycles. The Bertz CT molecular complexity index is 387. The Hall–Kier alpha value is -1.35. The van der Waals surface area contributed by atoms with Crippen LogP contribution in [-0.4, -0.2) is 23.8 Å². The summed E-state index contributed by atoms with van der Waals surface area (Å²) in [5.74, 6) is -0.568. The van der Waals surface area contributed by atoms with Gasteiger partial charge in [0.05, 0.1) is 6.61 Å². The fourth-order valence-corrected chi connectivity index (χ4v) is 2.03. The number of aliphatic hydroxyl groups is 1. The summed E-state index contributed by atoms with van der Waals surface area (Å²) in [6.45, 7) is 1.96. The van der Waals surface area contributed by atoms with E-state index in [1.165, 1.54) is 11.1 Å². The molecule has 16 heavy (non-hydrogen) atoms. The highest BCUT2D eigenvalue weighted by Crippen LogP contribution is 2.26. The molecule has 1 N–H and O–H groups in total. The minimum Gasteiger partial charge on any atom is -0.461 e. The summed E-state index contributed by atoms with van der Waals surface area (Å²) in [6, 6.07) is 8.29. The molecule has 0 unspecified atom stereocenters. The van der Waals surface area contributed by atoms with Gasteiger partial charge in [0.15, 0.2) is 0 Å². The van der Waals surface area contributed by atoms with Gasteiger partial charge in [0.1, 0.15) is 12.0 Å². The van der Waals surface area contributed by atoms with Gasteiger partial charge < -0.3 is 9.84 Å². The predicted octanol–water partition coefficient (Wildman–Crippen LogP) is 1.46. The van der Waals surface area contributed by atoms with E-state index in [9.17, 15) is 4.79 Å². The predicted molar refractivity (Wildman–Crippen MR) is 60.0 cm³/mol. The van der Waals surface area contributed by atoms with Crippen LogP contribution in [-0.2, 0) is 16.0 Å². The normalized spacial score (nSPS) is 23.8. The van der Waals surface area contributed by atoms with Crippen LogP contribution >= 0.6 is 0 Å². The van der Waals surface area contributed by atoms with Gasteiger partial charge in [-0.25, -0.2) is 0 Å². The third-order valence-electron chi connectivity index (χ3n) is 3.02. The maximum atomic E-state index is 11.0. The monoisotopic (exact) mass is 220 g/mol. The molecular weight excluding hydrogens is 204 g/mol. The van der Waals surface area contributed by atoms with Gasteiger partial charge >= 0.3 is 5.97 Å². The third kappa shape index (κ3) is 2.25. The van der Waals surface area contributed by atoms with Crippen LogP contribution in [0.5, 0.6) is 0 Å². The summed E-state index contributed by atoms with van der Waals surface area (Å²) < 4.78 is 5.00. The number of aliphatic hydroxyl groups excluding tert-OH is 1. The zero-order valence-electron chi connectivity index (χ0n) is 9.35. The van der Waals surface area contributed by atoms with E-state index in [-0.39, 0.29) is 24.6 Å². The highest BCUT2D eigenvalue weighted by Gasteiger charge is 2.41. The molecule has 0 bridgehead atoms. The Morgan fingerprint density at radius 1 is 1.44 bits per heavy atom. The number of carbonyl (C=O) groups is 1. The first-order valence-corrected chi connectivity index (χ1v) is 5.57. The summed E-state index contributed by atoms with van der Waals surface area (Å²) in [5.41, 5.74) is 2.49. The number of rotatable bonds is 4.